The lowest BCUT2D eigenvalue weighted by Crippen LogP contribution is -2.32. The summed E-state index contributed by atoms with van der Waals surface area (Å²) in [6, 6.07) is 8.08. The van der Waals surface area contributed by atoms with Gasteiger partial charge in [-0.05, 0) is 18.6 Å². The molecule has 0 aliphatic carbocycles. The summed E-state index contributed by atoms with van der Waals surface area (Å²) in [5, 5.41) is 0. The Balaban J connectivity index is 1.64. The normalized spacial score (nSPS) is 22.7. The summed E-state index contributed by atoms with van der Waals surface area (Å²) < 4.78 is 25.9. The second kappa shape index (κ2) is 7.02. The Hall–Kier alpha value is -2.74. The molecule has 1 fully saturated rings. The topological polar surface area (TPSA) is 90.4 Å². The highest BCUT2D eigenvalue weighted by Crippen LogP contribution is 2.30. The fourth-order valence-corrected chi connectivity index (χ4v) is 2.70. The van der Waals surface area contributed by atoms with Crippen LogP contribution < -0.4 is 11.2 Å². The SMILES string of the molecule is Cc1ccccc1C(=O)OC[C@@H]1O[C@H](n2ccc(=O)[nH]c2=O)CC1F. The summed E-state index contributed by atoms with van der Waals surface area (Å²) in [6.45, 7) is 1.52. The third-order valence-electron chi connectivity index (χ3n) is 4.07. The van der Waals surface area contributed by atoms with Crippen LogP contribution in [0.3, 0.4) is 0 Å². The van der Waals surface area contributed by atoms with Gasteiger partial charge in [-0.3, -0.25) is 14.3 Å². The molecule has 3 rings (SSSR count). The summed E-state index contributed by atoms with van der Waals surface area (Å²) in [5.41, 5.74) is -0.0550. The first-order valence-electron chi connectivity index (χ1n) is 7.79. The van der Waals surface area contributed by atoms with Crippen molar-refractivity contribution in [2.45, 2.75) is 31.8 Å². The zero-order valence-electron chi connectivity index (χ0n) is 13.5. The Kier molecular flexibility index (Phi) is 4.80. The van der Waals surface area contributed by atoms with Gasteiger partial charge >= 0.3 is 11.7 Å². The Morgan fingerprint density at radius 1 is 1.36 bits per heavy atom. The Labute approximate surface area is 142 Å². The summed E-state index contributed by atoms with van der Waals surface area (Å²) in [4.78, 5) is 37.0. The van der Waals surface area contributed by atoms with Gasteiger partial charge in [0.1, 0.15) is 25.1 Å². The molecule has 2 aromatic rings. The number of esters is 1. The smallest absolute Gasteiger partial charge is 0.338 e. The number of carbonyl (C=O) groups excluding carboxylic acids is 1. The number of nitrogens with one attached hydrogen (secondary N) is 1. The number of benzene rings is 1. The van der Waals surface area contributed by atoms with Crippen molar-refractivity contribution in [2.24, 2.45) is 0 Å². The van der Waals surface area contributed by atoms with E-state index in [0.717, 1.165) is 16.2 Å². The maximum atomic E-state index is 14.2. The van der Waals surface area contributed by atoms with E-state index >= 15 is 0 Å². The van der Waals surface area contributed by atoms with Crippen molar-refractivity contribution >= 4 is 5.97 Å². The molecule has 1 aromatic heterocycles. The minimum absolute atomic E-state index is 0.0709. The van der Waals surface area contributed by atoms with E-state index in [1.807, 2.05) is 0 Å². The van der Waals surface area contributed by atoms with Crippen molar-refractivity contribution in [3.8, 4) is 0 Å². The van der Waals surface area contributed by atoms with Crippen LogP contribution in [0.15, 0.2) is 46.1 Å². The third kappa shape index (κ3) is 3.69. The van der Waals surface area contributed by atoms with Gasteiger partial charge in [0.05, 0.1) is 5.56 Å². The number of nitrogens with zero attached hydrogens (tertiary/aromatic N) is 1. The van der Waals surface area contributed by atoms with Crippen LogP contribution in [-0.2, 0) is 9.47 Å². The van der Waals surface area contributed by atoms with Crippen LogP contribution in [0.25, 0.3) is 0 Å². The largest absolute Gasteiger partial charge is 0.459 e. The van der Waals surface area contributed by atoms with E-state index in [1.54, 1.807) is 31.2 Å². The minimum atomic E-state index is -1.39. The highest BCUT2D eigenvalue weighted by Gasteiger charge is 2.37. The van der Waals surface area contributed by atoms with Gasteiger partial charge in [0.2, 0.25) is 0 Å². The van der Waals surface area contributed by atoms with E-state index in [4.69, 9.17) is 9.47 Å². The van der Waals surface area contributed by atoms with Gasteiger partial charge in [-0.2, -0.15) is 0 Å². The molecule has 3 atom stereocenters. The van der Waals surface area contributed by atoms with E-state index < -0.39 is 35.7 Å². The fraction of sp³-hybridized carbons (Fsp3) is 0.353. The lowest BCUT2D eigenvalue weighted by atomic mass is 10.1. The molecular formula is C17H17FN2O5. The van der Waals surface area contributed by atoms with Crippen molar-refractivity contribution in [3.63, 3.8) is 0 Å². The summed E-state index contributed by atoms with van der Waals surface area (Å²) >= 11 is 0. The van der Waals surface area contributed by atoms with Crippen molar-refractivity contribution in [1.82, 2.24) is 9.55 Å². The third-order valence-corrected chi connectivity index (χ3v) is 4.07. The number of hydrogen-bond donors (Lipinski definition) is 1. The molecule has 25 heavy (non-hydrogen) atoms. The van der Waals surface area contributed by atoms with Gasteiger partial charge in [-0.25, -0.2) is 14.0 Å². The number of hydrogen-bond acceptors (Lipinski definition) is 5. The average Bonchev–Trinajstić information content (AvgIpc) is 2.93. The standard InChI is InChI=1S/C17H17FN2O5/c1-10-4-2-3-5-11(10)16(22)24-9-13-12(18)8-15(25-13)20-7-6-14(21)19-17(20)23/h2-7,12-13,15H,8-9H2,1H3,(H,19,21,23)/t12?,13-,15-/m0/s1. The molecule has 1 aliphatic rings. The Bertz CT molecular complexity index is 891. The molecule has 1 aromatic carbocycles. The van der Waals surface area contributed by atoms with E-state index in [-0.39, 0.29) is 13.0 Å². The van der Waals surface area contributed by atoms with Crippen molar-refractivity contribution in [3.05, 3.63) is 68.5 Å². The maximum absolute atomic E-state index is 14.2. The number of H-pyrrole nitrogens is 1. The zero-order valence-corrected chi connectivity index (χ0v) is 13.5. The van der Waals surface area contributed by atoms with Crippen LogP contribution in [0.1, 0.15) is 28.6 Å². The van der Waals surface area contributed by atoms with E-state index in [2.05, 4.69) is 4.98 Å². The highest BCUT2D eigenvalue weighted by molar-refractivity contribution is 5.90. The van der Waals surface area contributed by atoms with Gasteiger partial charge in [0.25, 0.3) is 5.56 Å². The van der Waals surface area contributed by atoms with E-state index in [0.29, 0.717) is 5.56 Å². The Morgan fingerprint density at radius 2 is 2.12 bits per heavy atom. The maximum Gasteiger partial charge on any atom is 0.338 e. The van der Waals surface area contributed by atoms with Gasteiger partial charge in [-0.15, -0.1) is 0 Å². The van der Waals surface area contributed by atoms with Crippen LogP contribution in [-0.4, -0.2) is 34.4 Å². The molecule has 0 amide bonds. The predicted octanol–water partition coefficient (Wildman–Crippen LogP) is 1.33. The van der Waals surface area contributed by atoms with Crippen LogP contribution in [0.5, 0.6) is 0 Å². The van der Waals surface area contributed by atoms with E-state index in [9.17, 15) is 18.8 Å². The van der Waals surface area contributed by atoms with Gasteiger partial charge in [-0.1, -0.05) is 18.2 Å². The highest BCUT2D eigenvalue weighted by atomic mass is 19.1. The molecule has 0 saturated carbocycles. The van der Waals surface area contributed by atoms with E-state index in [1.165, 1.54) is 6.20 Å². The lowest BCUT2D eigenvalue weighted by Gasteiger charge is -2.16. The number of alkyl halides is 1. The first-order valence-corrected chi connectivity index (χ1v) is 7.79. The molecule has 2 heterocycles. The number of carbonyl (C=O) groups is 1. The van der Waals surface area contributed by atoms with Crippen molar-refractivity contribution < 1.29 is 18.7 Å². The van der Waals surface area contributed by atoms with Crippen molar-refractivity contribution in [2.75, 3.05) is 6.61 Å². The van der Waals surface area contributed by atoms with Gasteiger partial charge in [0, 0.05) is 18.7 Å². The number of rotatable bonds is 4. The van der Waals surface area contributed by atoms with Crippen LogP contribution >= 0.6 is 0 Å². The fourth-order valence-electron chi connectivity index (χ4n) is 2.70. The molecule has 1 unspecified atom stereocenters. The molecule has 132 valence electrons. The molecule has 8 heteroatoms. The predicted molar refractivity (Wildman–Crippen MR) is 86.2 cm³/mol. The zero-order chi connectivity index (χ0) is 18.0. The first-order chi connectivity index (χ1) is 12.0. The summed E-state index contributed by atoms with van der Waals surface area (Å²) in [7, 11) is 0. The summed E-state index contributed by atoms with van der Waals surface area (Å²) in [5.74, 6) is -0.557. The molecule has 1 aliphatic heterocycles. The first kappa shape index (κ1) is 17.1. The summed E-state index contributed by atoms with van der Waals surface area (Å²) in [6.07, 6.45) is -2.05. The van der Waals surface area contributed by atoms with Crippen LogP contribution in [0, 0.1) is 6.92 Å². The number of aromatic nitrogens is 2. The lowest BCUT2D eigenvalue weighted by molar-refractivity contribution is -0.0440. The number of aromatic amines is 1. The van der Waals surface area contributed by atoms with Gasteiger partial charge < -0.3 is 9.47 Å². The monoisotopic (exact) mass is 348 g/mol. The average molecular weight is 348 g/mol. The molecule has 0 bridgehead atoms. The molecule has 7 nitrogen and oxygen atoms in total. The van der Waals surface area contributed by atoms with Gasteiger partial charge in [0.15, 0.2) is 0 Å². The number of ether oxygens (including phenoxy) is 2. The second-order valence-corrected chi connectivity index (χ2v) is 5.81. The van der Waals surface area contributed by atoms with Crippen LogP contribution in [0.4, 0.5) is 4.39 Å². The molecule has 1 N–H and O–H groups in total. The molecule has 0 spiro atoms. The quantitative estimate of drug-likeness (QED) is 0.842. The number of halogens is 1. The molecule has 0 radical (unpaired) electrons. The Morgan fingerprint density at radius 3 is 2.84 bits per heavy atom. The second-order valence-electron chi connectivity index (χ2n) is 5.81. The number of aryl methyl sites for hydroxylation is 1. The minimum Gasteiger partial charge on any atom is -0.459 e. The molecular weight excluding hydrogens is 331 g/mol. The molecule has 1 saturated heterocycles. The van der Waals surface area contributed by atoms with Crippen LogP contribution in [0.2, 0.25) is 0 Å². The van der Waals surface area contributed by atoms with Crippen molar-refractivity contribution in [1.29, 1.82) is 0 Å².